The van der Waals surface area contributed by atoms with Gasteiger partial charge in [-0.25, -0.2) is 4.98 Å². The quantitative estimate of drug-likeness (QED) is 0.652. The molecule has 0 saturated heterocycles. The molecule has 134 valence electrons. The molecule has 0 bridgehead atoms. The van der Waals surface area contributed by atoms with Crippen LogP contribution in [0.25, 0.3) is 11.3 Å². The van der Waals surface area contributed by atoms with Crippen LogP contribution in [0, 0.1) is 13.8 Å². The van der Waals surface area contributed by atoms with Gasteiger partial charge in [0.2, 0.25) is 0 Å². The number of aromatic nitrogens is 1. The van der Waals surface area contributed by atoms with E-state index in [1.807, 2.05) is 75.5 Å². The zero-order valence-electron chi connectivity index (χ0n) is 15.4. The molecule has 0 aliphatic carbocycles. The van der Waals surface area contributed by atoms with E-state index in [9.17, 15) is 4.79 Å². The van der Waals surface area contributed by atoms with Crippen LogP contribution in [0.1, 0.15) is 35.3 Å². The maximum atomic E-state index is 12.4. The minimum atomic E-state index is -0.144. The largest absolute Gasteiger partial charge is 0.491 e. The molecule has 1 N–H and O–H groups in total. The normalized spacial score (nSPS) is 10.8. The maximum Gasteiger partial charge on any atom is 0.257 e. The molecule has 0 aliphatic heterocycles. The van der Waals surface area contributed by atoms with Crippen LogP contribution < -0.4 is 10.1 Å². The third-order valence-electron chi connectivity index (χ3n) is 4.02. The predicted molar refractivity (Wildman–Crippen MR) is 107 cm³/mol. The summed E-state index contributed by atoms with van der Waals surface area (Å²) in [5.74, 6) is 0.692. The second-order valence-electron chi connectivity index (χ2n) is 6.48. The van der Waals surface area contributed by atoms with E-state index in [0.29, 0.717) is 10.7 Å². The van der Waals surface area contributed by atoms with Crippen molar-refractivity contribution in [2.75, 3.05) is 5.32 Å². The van der Waals surface area contributed by atoms with Crippen LogP contribution in [-0.4, -0.2) is 17.0 Å². The first-order valence-corrected chi connectivity index (χ1v) is 9.41. The average Bonchev–Trinajstić information content (AvgIpc) is 3.06. The Morgan fingerprint density at radius 1 is 1.08 bits per heavy atom. The summed E-state index contributed by atoms with van der Waals surface area (Å²) in [5.41, 5.74) is 4.73. The number of amides is 1. The summed E-state index contributed by atoms with van der Waals surface area (Å²) in [6.07, 6.45) is 0.146. The van der Waals surface area contributed by atoms with Gasteiger partial charge in [-0.3, -0.25) is 10.1 Å². The smallest absolute Gasteiger partial charge is 0.257 e. The minimum absolute atomic E-state index is 0.144. The molecule has 2 aromatic carbocycles. The molecule has 3 rings (SSSR count). The summed E-state index contributed by atoms with van der Waals surface area (Å²) in [5, 5.41) is 5.40. The molecule has 0 atom stereocenters. The molecule has 0 spiro atoms. The monoisotopic (exact) mass is 366 g/mol. The third-order valence-corrected chi connectivity index (χ3v) is 4.77. The van der Waals surface area contributed by atoms with Gasteiger partial charge in [0.15, 0.2) is 5.13 Å². The Balaban J connectivity index is 1.71. The van der Waals surface area contributed by atoms with Crippen molar-refractivity contribution in [3.63, 3.8) is 0 Å². The summed E-state index contributed by atoms with van der Waals surface area (Å²) in [7, 11) is 0. The van der Waals surface area contributed by atoms with E-state index in [1.165, 1.54) is 16.9 Å². The number of hydrogen-bond acceptors (Lipinski definition) is 4. The number of benzene rings is 2. The minimum Gasteiger partial charge on any atom is -0.491 e. The lowest BCUT2D eigenvalue weighted by molar-refractivity contribution is 0.102. The van der Waals surface area contributed by atoms with Crippen molar-refractivity contribution in [1.29, 1.82) is 0 Å². The molecule has 0 unspecified atom stereocenters. The highest BCUT2D eigenvalue weighted by atomic mass is 32.1. The van der Waals surface area contributed by atoms with Gasteiger partial charge in [-0.05, 0) is 75.2 Å². The number of thiazole rings is 1. The summed E-state index contributed by atoms with van der Waals surface area (Å²) in [4.78, 5) is 16.9. The third kappa shape index (κ3) is 4.29. The molecule has 1 heterocycles. The van der Waals surface area contributed by atoms with E-state index >= 15 is 0 Å². The lowest BCUT2D eigenvalue weighted by Gasteiger charge is -2.09. The van der Waals surface area contributed by atoms with Crippen LogP contribution >= 0.6 is 11.3 Å². The Hall–Kier alpha value is -2.66. The highest BCUT2D eigenvalue weighted by Crippen LogP contribution is 2.27. The number of nitrogens with zero attached hydrogens (tertiary/aromatic N) is 1. The molecule has 0 fully saturated rings. The number of nitrogens with one attached hydrogen (secondary N) is 1. The van der Waals surface area contributed by atoms with Crippen molar-refractivity contribution in [1.82, 2.24) is 4.98 Å². The average molecular weight is 366 g/mol. The number of ether oxygens (including phenoxy) is 1. The van der Waals surface area contributed by atoms with Gasteiger partial charge >= 0.3 is 0 Å². The van der Waals surface area contributed by atoms with Gasteiger partial charge in [0.05, 0.1) is 11.8 Å². The van der Waals surface area contributed by atoms with E-state index in [1.54, 1.807) is 0 Å². The van der Waals surface area contributed by atoms with Crippen LogP contribution in [-0.2, 0) is 0 Å². The van der Waals surface area contributed by atoms with Crippen molar-refractivity contribution < 1.29 is 9.53 Å². The number of rotatable bonds is 5. The highest BCUT2D eigenvalue weighted by Gasteiger charge is 2.11. The van der Waals surface area contributed by atoms with Gasteiger partial charge in [0.1, 0.15) is 5.75 Å². The number of aryl methyl sites for hydroxylation is 2. The Morgan fingerprint density at radius 2 is 1.81 bits per heavy atom. The Morgan fingerprint density at radius 3 is 2.46 bits per heavy atom. The van der Waals surface area contributed by atoms with Crippen molar-refractivity contribution in [2.24, 2.45) is 0 Å². The van der Waals surface area contributed by atoms with Gasteiger partial charge in [-0.15, -0.1) is 11.3 Å². The van der Waals surface area contributed by atoms with Gasteiger partial charge in [-0.1, -0.05) is 6.07 Å². The molecule has 0 radical (unpaired) electrons. The fraction of sp³-hybridized carbons (Fsp3) is 0.238. The number of anilines is 1. The van der Waals surface area contributed by atoms with Crippen LogP contribution in [0.3, 0.4) is 0 Å². The number of hydrogen-bond donors (Lipinski definition) is 1. The number of carbonyl (C=O) groups excluding carboxylic acids is 1. The topological polar surface area (TPSA) is 51.2 Å². The van der Waals surface area contributed by atoms with Crippen molar-refractivity contribution >= 4 is 22.4 Å². The SMILES string of the molecule is Cc1ccc(C(=O)Nc2nc(-c3ccc(OC(C)C)cc3)cs2)cc1C. The second kappa shape index (κ2) is 7.70. The molecular weight excluding hydrogens is 344 g/mol. The first kappa shape index (κ1) is 18.1. The molecule has 5 heteroatoms. The summed E-state index contributed by atoms with van der Waals surface area (Å²) in [6, 6.07) is 13.5. The predicted octanol–water partition coefficient (Wildman–Crippen LogP) is 5.47. The van der Waals surface area contributed by atoms with E-state index in [2.05, 4.69) is 10.3 Å². The first-order chi connectivity index (χ1) is 12.4. The molecule has 26 heavy (non-hydrogen) atoms. The number of carbonyl (C=O) groups is 1. The van der Waals surface area contributed by atoms with Crippen LogP contribution in [0.4, 0.5) is 5.13 Å². The molecule has 0 saturated carbocycles. The lowest BCUT2D eigenvalue weighted by Crippen LogP contribution is -2.12. The fourth-order valence-corrected chi connectivity index (χ4v) is 3.21. The zero-order valence-corrected chi connectivity index (χ0v) is 16.2. The summed E-state index contributed by atoms with van der Waals surface area (Å²) >= 11 is 1.42. The molecule has 1 amide bonds. The van der Waals surface area contributed by atoms with Gasteiger partial charge in [0.25, 0.3) is 5.91 Å². The van der Waals surface area contributed by atoms with Crippen LogP contribution in [0.2, 0.25) is 0 Å². The second-order valence-corrected chi connectivity index (χ2v) is 7.34. The van der Waals surface area contributed by atoms with Gasteiger partial charge in [0, 0.05) is 16.5 Å². The van der Waals surface area contributed by atoms with Crippen LogP contribution in [0.15, 0.2) is 47.8 Å². The summed E-state index contributed by atoms with van der Waals surface area (Å²) < 4.78 is 5.66. The van der Waals surface area contributed by atoms with Crippen molar-refractivity contribution in [3.05, 3.63) is 64.5 Å². The molecular formula is C21H22N2O2S. The first-order valence-electron chi connectivity index (χ1n) is 8.53. The Kier molecular flexibility index (Phi) is 5.38. The standard InChI is InChI=1S/C21H22N2O2S/c1-13(2)25-18-9-7-16(8-10-18)19-12-26-21(22-19)23-20(24)17-6-5-14(3)15(4)11-17/h5-13H,1-4H3,(H,22,23,24). The highest BCUT2D eigenvalue weighted by molar-refractivity contribution is 7.14. The van der Waals surface area contributed by atoms with Gasteiger partial charge in [-0.2, -0.15) is 0 Å². The van der Waals surface area contributed by atoms with E-state index < -0.39 is 0 Å². The van der Waals surface area contributed by atoms with Crippen LogP contribution in [0.5, 0.6) is 5.75 Å². The van der Waals surface area contributed by atoms with E-state index in [-0.39, 0.29) is 12.0 Å². The van der Waals surface area contributed by atoms with E-state index in [0.717, 1.165) is 22.6 Å². The lowest BCUT2D eigenvalue weighted by atomic mass is 10.1. The molecule has 1 aromatic heterocycles. The van der Waals surface area contributed by atoms with Crippen molar-refractivity contribution in [2.45, 2.75) is 33.8 Å². The molecule has 0 aliphatic rings. The zero-order chi connectivity index (χ0) is 18.7. The molecule has 3 aromatic rings. The van der Waals surface area contributed by atoms with Gasteiger partial charge < -0.3 is 4.74 Å². The molecule has 4 nitrogen and oxygen atoms in total. The maximum absolute atomic E-state index is 12.4. The van der Waals surface area contributed by atoms with E-state index in [4.69, 9.17) is 4.74 Å². The Labute approximate surface area is 157 Å². The summed E-state index contributed by atoms with van der Waals surface area (Å²) in [6.45, 7) is 8.03. The fourth-order valence-electron chi connectivity index (χ4n) is 2.49. The van der Waals surface area contributed by atoms with Crippen molar-refractivity contribution in [3.8, 4) is 17.0 Å². The Bertz CT molecular complexity index is 914.